The van der Waals surface area contributed by atoms with E-state index in [-0.39, 0.29) is 29.8 Å². The highest BCUT2D eigenvalue weighted by atomic mass is 79.9. The highest BCUT2D eigenvalue weighted by molar-refractivity contribution is 9.09. The fraction of sp³-hybridized carbons (Fsp3) is 0.423. The quantitative estimate of drug-likeness (QED) is 0.406. The lowest BCUT2D eigenvalue weighted by atomic mass is 9.70. The number of ether oxygens (including phenoxy) is 2. The van der Waals surface area contributed by atoms with Crippen LogP contribution in [0.1, 0.15) is 13.3 Å². The SMILES string of the molecule is CCOc1ccc(NC(=O)[C@H]2[C@@H]3OC4(CC3Br)C(C(=O)Nc3ccccc3Cl)N(CCO)C(=O)[C@H]24)cc1. The Balaban J connectivity index is 1.44. The molecular weight excluding hydrogens is 566 g/mol. The van der Waals surface area contributed by atoms with Crippen molar-refractivity contribution in [3.8, 4) is 5.75 Å². The number of hydrogen-bond acceptors (Lipinski definition) is 6. The Labute approximate surface area is 227 Å². The maximum Gasteiger partial charge on any atom is 0.250 e. The molecular formula is C26H27BrClN3O6. The molecule has 3 N–H and O–H groups in total. The molecule has 3 aliphatic rings. The maximum absolute atomic E-state index is 13.7. The van der Waals surface area contributed by atoms with Gasteiger partial charge in [0.2, 0.25) is 17.7 Å². The van der Waals surface area contributed by atoms with E-state index in [1.807, 2.05) is 6.92 Å². The second-order valence-corrected chi connectivity index (χ2v) is 10.9. The summed E-state index contributed by atoms with van der Waals surface area (Å²) in [6, 6.07) is 12.7. The van der Waals surface area contributed by atoms with Gasteiger partial charge >= 0.3 is 0 Å². The largest absolute Gasteiger partial charge is 0.494 e. The Kier molecular flexibility index (Phi) is 7.19. The highest BCUT2D eigenvalue weighted by Crippen LogP contribution is 2.60. The number of aliphatic hydroxyl groups is 1. The molecule has 0 aliphatic carbocycles. The molecule has 5 rings (SSSR count). The number of anilines is 2. The molecule has 0 saturated carbocycles. The normalized spacial score (nSPS) is 29.8. The number of benzene rings is 2. The molecule has 3 aliphatic heterocycles. The number of carbonyl (C=O) groups excluding carboxylic acids is 3. The van der Waals surface area contributed by atoms with Crippen LogP contribution in [0.25, 0.3) is 0 Å². The zero-order valence-corrected chi connectivity index (χ0v) is 22.4. The third-order valence-electron chi connectivity index (χ3n) is 7.25. The van der Waals surface area contributed by atoms with Crippen LogP contribution in [0, 0.1) is 11.8 Å². The molecule has 3 heterocycles. The van der Waals surface area contributed by atoms with Gasteiger partial charge in [-0.15, -0.1) is 0 Å². The Bertz CT molecular complexity index is 1210. The molecule has 1 spiro atoms. The van der Waals surface area contributed by atoms with Gasteiger partial charge in [-0.05, 0) is 49.7 Å². The average Bonchev–Trinajstić information content (AvgIpc) is 3.46. The third-order valence-corrected chi connectivity index (χ3v) is 8.42. The van der Waals surface area contributed by atoms with E-state index in [0.29, 0.717) is 35.2 Å². The van der Waals surface area contributed by atoms with Crippen LogP contribution < -0.4 is 15.4 Å². The topological polar surface area (TPSA) is 117 Å². The van der Waals surface area contributed by atoms with E-state index in [1.54, 1.807) is 48.5 Å². The first-order chi connectivity index (χ1) is 17.8. The number of nitrogens with zero attached hydrogens (tertiary/aromatic N) is 1. The van der Waals surface area contributed by atoms with Gasteiger partial charge in [0.1, 0.15) is 17.4 Å². The predicted molar refractivity (Wildman–Crippen MR) is 141 cm³/mol. The van der Waals surface area contributed by atoms with Gasteiger partial charge in [-0.2, -0.15) is 0 Å². The molecule has 3 amide bonds. The number of hydrogen-bond donors (Lipinski definition) is 3. The van der Waals surface area contributed by atoms with Crippen LogP contribution in [0.4, 0.5) is 11.4 Å². The first kappa shape index (κ1) is 26.0. The van der Waals surface area contributed by atoms with E-state index in [9.17, 15) is 19.5 Å². The van der Waals surface area contributed by atoms with Crippen molar-refractivity contribution in [3.63, 3.8) is 0 Å². The maximum atomic E-state index is 13.7. The van der Waals surface area contributed by atoms with E-state index in [2.05, 4.69) is 26.6 Å². The molecule has 2 bridgehead atoms. The van der Waals surface area contributed by atoms with Gasteiger partial charge in [0.15, 0.2) is 0 Å². The summed E-state index contributed by atoms with van der Waals surface area (Å²) in [5, 5.41) is 15.8. The van der Waals surface area contributed by atoms with Crippen molar-refractivity contribution in [3.05, 3.63) is 53.6 Å². The number of carbonyl (C=O) groups is 3. The molecule has 2 aromatic carbocycles. The first-order valence-electron chi connectivity index (χ1n) is 12.1. The molecule has 37 heavy (non-hydrogen) atoms. The van der Waals surface area contributed by atoms with Crippen molar-refractivity contribution >= 4 is 56.6 Å². The number of rotatable bonds is 8. The lowest BCUT2D eigenvalue weighted by Gasteiger charge is -2.34. The van der Waals surface area contributed by atoms with Crippen LogP contribution in [0.5, 0.6) is 5.75 Å². The number of likely N-dealkylation sites (tertiary alicyclic amines) is 1. The van der Waals surface area contributed by atoms with Crippen LogP contribution in [-0.4, -0.2) is 70.1 Å². The fourth-order valence-electron chi connectivity index (χ4n) is 5.87. The van der Waals surface area contributed by atoms with E-state index >= 15 is 0 Å². The minimum atomic E-state index is -1.22. The fourth-order valence-corrected chi connectivity index (χ4v) is 6.99. The summed E-state index contributed by atoms with van der Waals surface area (Å²) in [5.74, 6) is -2.25. The van der Waals surface area contributed by atoms with E-state index < -0.39 is 35.5 Å². The van der Waals surface area contributed by atoms with Crippen molar-refractivity contribution < 1.29 is 29.0 Å². The highest BCUT2D eigenvalue weighted by Gasteiger charge is 2.76. The van der Waals surface area contributed by atoms with Gasteiger partial charge < -0.3 is 30.1 Å². The van der Waals surface area contributed by atoms with Gasteiger partial charge in [-0.3, -0.25) is 14.4 Å². The molecule has 0 radical (unpaired) electrons. The summed E-state index contributed by atoms with van der Waals surface area (Å²) in [6.45, 7) is 2.01. The Morgan fingerprint density at radius 2 is 1.92 bits per heavy atom. The minimum Gasteiger partial charge on any atom is -0.494 e. The van der Waals surface area contributed by atoms with Gasteiger partial charge in [0, 0.05) is 17.1 Å². The first-order valence-corrected chi connectivity index (χ1v) is 13.4. The average molecular weight is 593 g/mol. The molecule has 3 fully saturated rings. The molecule has 11 heteroatoms. The van der Waals surface area contributed by atoms with Crippen molar-refractivity contribution in [1.82, 2.24) is 4.90 Å². The van der Waals surface area contributed by atoms with Crippen molar-refractivity contribution in [1.29, 1.82) is 0 Å². The van der Waals surface area contributed by atoms with Gasteiger partial charge in [0.25, 0.3) is 0 Å². The van der Waals surface area contributed by atoms with Crippen LogP contribution in [0.15, 0.2) is 48.5 Å². The van der Waals surface area contributed by atoms with Crippen molar-refractivity contribution in [2.45, 2.75) is 35.9 Å². The van der Waals surface area contributed by atoms with Crippen LogP contribution in [-0.2, 0) is 19.1 Å². The number of nitrogens with one attached hydrogen (secondary N) is 2. The summed E-state index contributed by atoms with van der Waals surface area (Å²) in [4.78, 5) is 42.0. The number of halogens is 2. The summed E-state index contributed by atoms with van der Waals surface area (Å²) < 4.78 is 11.9. The summed E-state index contributed by atoms with van der Waals surface area (Å²) >= 11 is 9.87. The molecule has 2 aromatic rings. The van der Waals surface area contributed by atoms with Gasteiger partial charge in [-0.1, -0.05) is 39.7 Å². The van der Waals surface area contributed by atoms with Crippen LogP contribution in [0.3, 0.4) is 0 Å². The molecule has 3 saturated heterocycles. The second kappa shape index (κ2) is 10.2. The smallest absolute Gasteiger partial charge is 0.250 e. The van der Waals surface area contributed by atoms with Crippen molar-refractivity contribution in [2.24, 2.45) is 11.8 Å². The lowest BCUT2D eigenvalue weighted by Crippen LogP contribution is -2.54. The Morgan fingerprint density at radius 1 is 1.19 bits per heavy atom. The number of alkyl halides is 1. The monoisotopic (exact) mass is 591 g/mol. The molecule has 3 unspecified atom stereocenters. The second-order valence-electron chi connectivity index (χ2n) is 9.33. The Hall–Kier alpha value is -2.66. The summed E-state index contributed by atoms with van der Waals surface area (Å²) in [6.07, 6.45) is -0.229. The third kappa shape index (κ3) is 4.39. The van der Waals surface area contributed by atoms with Crippen LogP contribution >= 0.6 is 27.5 Å². The standard InChI is InChI=1S/C26H27BrClN3O6/c1-2-36-15-9-7-14(8-10-15)29-23(33)19-20-25(35)31(11-12-32)22(26(20)13-16(27)21(19)37-26)24(34)30-18-6-4-3-5-17(18)28/h3-10,16,19-22,32H,2,11-13H2,1H3,(H,29,33)(H,30,34)/t16?,19-,20+,21-,22?,26?/m1/s1. The van der Waals surface area contributed by atoms with Gasteiger partial charge in [0.05, 0.1) is 41.9 Å². The number of aliphatic hydroxyl groups excluding tert-OH is 1. The lowest BCUT2D eigenvalue weighted by molar-refractivity contribution is -0.140. The molecule has 196 valence electrons. The summed E-state index contributed by atoms with van der Waals surface area (Å²) in [5.41, 5.74) is -0.266. The van der Waals surface area contributed by atoms with E-state index in [4.69, 9.17) is 21.1 Å². The number of fused-ring (bicyclic) bond motifs is 1. The van der Waals surface area contributed by atoms with Crippen LogP contribution in [0.2, 0.25) is 5.02 Å². The Morgan fingerprint density at radius 3 is 2.59 bits per heavy atom. The zero-order valence-electron chi connectivity index (χ0n) is 20.0. The van der Waals surface area contributed by atoms with Crippen molar-refractivity contribution in [2.75, 3.05) is 30.4 Å². The number of para-hydroxylation sites is 1. The van der Waals surface area contributed by atoms with Gasteiger partial charge in [-0.25, -0.2) is 0 Å². The predicted octanol–water partition coefficient (Wildman–Crippen LogP) is 3.06. The minimum absolute atomic E-state index is 0.0636. The molecule has 0 aromatic heterocycles. The molecule has 6 atom stereocenters. The van der Waals surface area contributed by atoms with E-state index in [0.717, 1.165) is 0 Å². The number of amides is 3. The number of β-amino-alcohol motifs (C(OH)–C–C–N with tert-alkyl or cyclic N) is 1. The summed E-state index contributed by atoms with van der Waals surface area (Å²) in [7, 11) is 0. The zero-order chi connectivity index (χ0) is 26.3. The van der Waals surface area contributed by atoms with E-state index in [1.165, 1.54) is 4.90 Å². The molecule has 9 nitrogen and oxygen atoms in total.